The van der Waals surface area contributed by atoms with Crippen molar-refractivity contribution in [3.63, 3.8) is 0 Å². The predicted octanol–water partition coefficient (Wildman–Crippen LogP) is 2.79. The summed E-state index contributed by atoms with van der Waals surface area (Å²) in [6, 6.07) is 6.02. The topological polar surface area (TPSA) is 89.3 Å². The molecule has 0 saturated carbocycles. The molecule has 0 amide bonds. The van der Waals surface area contributed by atoms with Gasteiger partial charge in [0.2, 0.25) is 0 Å². The Kier molecular flexibility index (Phi) is 5.99. The van der Waals surface area contributed by atoms with Gasteiger partial charge in [0, 0.05) is 48.2 Å². The summed E-state index contributed by atoms with van der Waals surface area (Å²) in [5.41, 5.74) is 9.94. The maximum atomic E-state index is 6.03. The number of thioether (sulfide) groups is 1. The lowest BCUT2D eigenvalue weighted by Crippen LogP contribution is -2.36. The van der Waals surface area contributed by atoms with Crippen LogP contribution in [-0.2, 0) is 9.47 Å². The van der Waals surface area contributed by atoms with Gasteiger partial charge in [0.1, 0.15) is 5.82 Å². The van der Waals surface area contributed by atoms with E-state index in [-0.39, 0.29) is 0 Å². The van der Waals surface area contributed by atoms with Crippen LogP contribution in [0.15, 0.2) is 36.8 Å². The van der Waals surface area contributed by atoms with Crippen LogP contribution in [0, 0.1) is 0 Å². The lowest BCUT2D eigenvalue weighted by atomic mass is 10.1. The molecule has 148 valence electrons. The lowest BCUT2D eigenvalue weighted by Gasteiger charge is -2.29. The number of ether oxygens (including phenoxy) is 2. The average Bonchev–Trinajstić information content (AvgIpc) is 3.17. The first-order chi connectivity index (χ1) is 13.7. The van der Waals surface area contributed by atoms with E-state index in [9.17, 15) is 0 Å². The third kappa shape index (κ3) is 4.24. The van der Waals surface area contributed by atoms with Crippen molar-refractivity contribution in [3.8, 4) is 11.3 Å². The van der Waals surface area contributed by atoms with Gasteiger partial charge in [0.25, 0.3) is 0 Å². The van der Waals surface area contributed by atoms with Crippen LogP contribution in [0.1, 0.15) is 0 Å². The highest BCUT2D eigenvalue weighted by atomic mass is 32.2. The summed E-state index contributed by atoms with van der Waals surface area (Å²) in [6.07, 6.45) is 7.67. The Morgan fingerprint density at radius 1 is 1.18 bits per heavy atom. The van der Waals surface area contributed by atoms with Crippen molar-refractivity contribution in [2.45, 2.75) is 5.25 Å². The summed E-state index contributed by atoms with van der Waals surface area (Å²) in [6.45, 7) is 5.17. The maximum absolute atomic E-state index is 6.03. The second kappa shape index (κ2) is 8.81. The zero-order valence-electron chi connectivity index (χ0n) is 15.9. The van der Waals surface area contributed by atoms with Crippen molar-refractivity contribution in [2.75, 3.05) is 56.4 Å². The number of hydrogen-bond donors (Lipinski definition) is 2. The zero-order valence-corrected chi connectivity index (χ0v) is 16.7. The molecule has 3 N–H and O–H groups in total. The first-order valence-electron chi connectivity index (χ1n) is 9.37. The van der Waals surface area contributed by atoms with Crippen LogP contribution in [-0.4, -0.2) is 66.0 Å². The van der Waals surface area contributed by atoms with Crippen LogP contribution in [0.4, 0.5) is 11.5 Å². The molecular weight excluding hydrogens is 374 g/mol. The minimum atomic E-state index is 0.520. The third-order valence-electron chi connectivity index (χ3n) is 4.90. The van der Waals surface area contributed by atoms with Gasteiger partial charge in [-0.2, -0.15) is 11.8 Å². The molecule has 8 heteroatoms. The van der Waals surface area contributed by atoms with Crippen LogP contribution in [0.5, 0.6) is 0 Å². The minimum absolute atomic E-state index is 0.520. The number of nitrogen functional groups attached to an aromatic ring is 1. The number of pyridine rings is 2. The lowest BCUT2D eigenvalue weighted by molar-refractivity contribution is 0.0457. The number of anilines is 2. The zero-order chi connectivity index (χ0) is 19.3. The smallest absolute Gasteiger partial charge is 0.126 e. The van der Waals surface area contributed by atoms with Crippen LogP contribution in [0.2, 0.25) is 0 Å². The van der Waals surface area contributed by atoms with Gasteiger partial charge in [-0.15, -0.1) is 0 Å². The molecule has 2 aliphatic rings. The summed E-state index contributed by atoms with van der Waals surface area (Å²) >= 11 is 1.89. The molecular formula is C20H25N5O2S. The van der Waals surface area contributed by atoms with E-state index < -0.39 is 0 Å². The van der Waals surface area contributed by atoms with Crippen LogP contribution in [0.3, 0.4) is 0 Å². The summed E-state index contributed by atoms with van der Waals surface area (Å²) in [5, 5.41) is 1.91. The second-order valence-corrected chi connectivity index (χ2v) is 7.89. The normalized spacial score (nSPS) is 17.1. The molecule has 3 aromatic rings. The van der Waals surface area contributed by atoms with Crippen molar-refractivity contribution < 1.29 is 9.47 Å². The highest BCUT2D eigenvalue weighted by molar-refractivity contribution is 7.99. The van der Waals surface area contributed by atoms with Gasteiger partial charge in [-0.1, -0.05) is 0 Å². The Morgan fingerprint density at radius 3 is 2.68 bits per heavy atom. The number of aromatic amines is 1. The third-order valence-corrected chi connectivity index (χ3v) is 5.84. The molecule has 2 saturated heterocycles. The molecule has 2 fully saturated rings. The Balaban J connectivity index is 0.000000275. The van der Waals surface area contributed by atoms with Crippen LogP contribution < -0.4 is 10.6 Å². The number of nitrogens with two attached hydrogens (primary N) is 1. The fraction of sp³-hybridized carbons (Fsp3) is 0.400. The van der Waals surface area contributed by atoms with E-state index in [0.717, 1.165) is 72.6 Å². The van der Waals surface area contributed by atoms with Crippen molar-refractivity contribution >= 4 is 34.2 Å². The Morgan fingerprint density at radius 2 is 2.00 bits per heavy atom. The number of morpholine rings is 1. The first kappa shape index (κ1) is 19.0. The second-order valence-electron chi connectivity index (χ2n) is 6.76. The SMILES string of the molecule is CSC1COC1.Nc1cc(N2CCOCC2)cc(-c2cncc3[nH]ccc23)n1. The standard InChI is InChI=1S/C16H17N5O.C4H8OS/c17-16-8-11(21-3-5-22-6-4-21)7-14(20-16)13-9-18-10-15-12(13)1-2-19-15;1-6-4-2-5-3-4/h1-2,7-10,19H,3-6H2,(H2,17,20);4H,2-3H2,1H3. The predicted molar refractivity (Wildman–Crippen MR) is 115 cm³/mol. The van der Waals surface area contributed by atoms with E-state index in [1.165, 1.54) is 0 Å². The van der Waals surface area contributed by atoms with Gasteiger partial charge >= 0.3 is 0 Å². The molecule has 0 atom stereocenters. The summed E-state index contributed by atoms with van der Waals surface area (Å²) < 4.78 is 10.3. The summed E-state index contributed by atoms with van der Waals surface area (Å²) in [7, 11) is 0. The van der Waals surface area contributed by atoms with Gasteiger partial charge in [0.05, 0.1) is 49.1 Å². The number of nitrogens with zero attached hydrogens (tertiary/aromatic N) is 3. The van der Waals surface area contributed by atoms with Crippen molar-refractivity contribution in [1.82, 2.24) is 15.0 Å². The van der Waals surface area contributed by atoms with E-state index in [4.69, 9.17) is 15.2 Å². The summed E-state index contributed by atoms with van der Waals surface area (Å²) in [4.78, 5) is 14.2. The molecule has 3 aromatic heterocycles. The number of nitrogens with one attached hydrogen (secondary N) is 1. The maximum Gasteiger partial charge on any atom is 0.126 e. The van der Waals surface area contributed by atoms with E-state index in [2.05, 4.69) is 32.2 Å². The number of aromatic nitrogens is 3. The number of H-pyrrole nitrogens is 1. The van der Waals surface area contributed by atoms with Gasteiger partial charge in [0.15, 0.2) is 0 Å². The fourth-order valence-corrected chi connectivity index (χ4v) is 3.68. The van der Waals surface area contributed by atoms with Gasteiger partial charge in [-0.3, -0.25) is 4.98 Å². The quantitative estimate of drug-likeness (QED) is 0.700. The van der Waals surface area contributed by atoms with Gasteiger partial charge < -0.3 is 25.1 Å². The molecule has 0 aliphatic carbocycles. The molecule has 2 aliphatic heterocycles. The van der Waals surface area contributed by atoms with Crippen LogP contribution >= 0.6 is 11.8 Å². The molecule has 5 heterocycles. The fourth-order valence-electron chi connectivity index (χ4n) is 3.21. The molecule has 0 radical (unpaired) electrons. The van der Waals surface area contributed by atoms with E-state index in [0.29, 0.717) is 5.82 Å². The molecule has 7 nitrogen and oxygen atoms in total. The Hall–Kier alpha value is -2.29. The van der Waals surface area contributed by atoms with Crippen molar-refractivity contribution in [2.24, 2.45) is 0 Å². The highest BCUT2D eigenvalue weighted by Gasteiger charge is 2.16. The number of fused-ring (bicyclic) bond motifs is 1. The van der Waals surface area contributed by atoms with E-state index >= 15 is 0 Å². The molecule has 28 heavy (non-hydrogen) atoms. The number of rotatable bonds is 3. The molecule has 0 aromatic carbocycles. The molecule has 0 bridgehead atoms. The minimum Gasteiger partial charge on any atom is -0.384 e. The van der Waals surface area contributed by atoms with Gasteiger partial charge in [-0.05, 0) is 18.4 Å². The molecule has 0 spiro atoms. The number of hydrogen-bond acceptors (Lipinski definition) is 7. The Bertz CT molecular complexity index is 919. The molecule has 0 unspecified atom stereocenters. The highest BCUT2D eigenvalue weighted by Crippen LogP contribution is 2.30. The van der Waals surface area contributed by atoms with E-state index in [1.807, 2.05) is 42.5 Å². The first-order valence-corrected chi connectivity index (χ1v) is 10.7. The van der Waals surface area contributed by atoms with Crippen molar-refractivity contribution in [3.05, 3.63) is 36.8 Å². The average molecular weight is 400 g/mol. The van der Waals surface area contributed by atoms with Gasteiger partial charge in [-0.25, -0.2) is 4.98 Å². The Labute approximate surface area is 168 Å². The largest absolute Gasteiger partial charge is 0.384 e. The summed E-state index contributed by atoms with van der Waals surface area (Å²) in [5.74, 6) is 0.520. The molecule has 5 rings (SSSR count). The van der Waals surface area contributed by atoms with Crippen LogP contribution in [0.25, 0.3) is 22.2 Å². The monoisotopic (exact) mass is 399 g/mol. The van der Waals surface area contributed by atoms with E-state index in [1.54, 1.807) is 0 Å². The van der Waals surface area contributed by atoms with Crippen molar-refractivity contribution in [1.29, 1.82) is 0 Å².